The number of carbonyl (C=O) groups is 1. The van der Waals surface area contributed by atoms with Crippen LogP contribution in [-0.4, -0.2) is 24.7 Å². The molecule has 1 heterocycles. The van der Waals surface area contributed by atoms with E-state index in [0.717, 1.165) is 24.0 Å². The molecule has 4 rings (SSSR count). The number of aryl methyl sites for hydroxylation is 2. The minimum absolute atomic E-state index is 0.113. The van der Waals surface area contributed by atoms with Gasteiger partial charge in [0.2, 0.25) is 0 Å². The first-order valence-electron chi connectivity index (χ1n) is 9.17. The number of methoxy groups -OCH3 is 2. The van der Waals surface area contributed by atoms with Gasteiger partial charge in [-0.15, -0.1) is 0 Å². The molecule has 0 spiro atoms. The summed E-state index contributed by atoms with van der Waals surface area (Å²) >= 11 is 0. The topological polar surface area (TPSA) is 69.6 Å². The van der Waals surface area contributed by atoms with Gasteiger partial charge in [0.05, 0.1) is 25.8 Å². The molecule has 6 heteroatoms. The van der Waals surface area contributed by atoms with Crippen LogP contribution in [0.2, 0.25) is 0 Å². The Bertz CT molecular complexity index is 1130. The zero-order chi connectivity index (χ0) is 19.8. The summed E-state index contributed by atoms with van der Waals surface area (Å²) in [5.41, 5.74) is 2.57. The smallest absolute Gasteiger partial charge is 0.258 e. The predicted molar refractivity (Wildman–Crippen MR) is 107 cm³/mol. The molecule has 2 aromatic carbocycles. The standard InChI is InChI=1S/C22H22N2O4/c1-24-12-17(14-6-4-5-7-15(14)22(24)26)21(25)23-18-9-8-13-10-19(27-2)20(28-3)11-16(13)18/h4-7,10-12,18H,8-9H2,1-3H3,(H,23,25)/t18-/m0/s1. The van der Waals surface area contributed by atoms with Crippen molar-refractivity contribution in [2.24, 2.45) is 7.05 Å². The molecule has 6 nitrogen and oxygen atoms in total. The minimum Gasteiger partial charge on any atom is -0.493 e. The molecule has 1 aliphatic carbocycles. The zero-order valence-electron chi connectivity index (χ0n) is 16.1. The predicted octanol–water partition coefficient (Wildman–Crippen LogP) is 2.97. The lowest BCUT2D eigenvalue weighted by Gasteiger charge is -2.17. The molecule has 1 N–H and O–H groups in total. The quantitative estimate of drug-likeness (QED) is 0.758. The summed E-state index contributed by atoms with van der Waals surface area (Å²) in [4.78, 5) is 25.4. The van der Waals surface area contributed by atoms with Crippen LogP contribution < -0.4 is 20.3 Å². The Morgan fingerprint density at radius 1 is 1.11 bits per heavy atom. The maximum atomic E-state index is 13.1. The van der Waals surface area contributed by atoms with E-state index in [-0.39, 0.29) is 17.5 Å². The number of nitrogens with one attached hydrogen (secondary N) is 1. The fourth-order valence-electron chi connectivity index (χ4n) is 3.92. The third-order valence-corrected chi connectivity index (χ3v) is 5.36. The van der Waals surface area contributed by atoms with Crippen molar-refractivity contribution < 1.29 is 14.3 Å². The molecule has 1 amide bonds. The third-order valence-electron chi connectivity index (χ3n) is 5.36. The molecule has 0 saturated heterocycles. The highest BCUT2D eigenvalue weighted by Crippen LogP contribution is 2.39. The van der Waals surface area contributed by atoms with E-state index in [2.05, 4.69) is 5.32 Å². The van der Waals surface area contributed by atoms with Crippen LogP contribution in [0.3, 0.4) is 0 Å². The van der Waals surface area contributed by atoms with E-state index >= 15 is 0 Å². The van der Waals surface area contributed by atoms with Crippen LogP contribution in [0.1, 0.15) is 33.9 Å². The molecule has 0 unspecified atom stereocenters. The van der Waals surface area contributed by atoms with E-state index < -0.39 is 0 Å². The molecule has 0 aliphatic heterocycles. The second kappa shape index (κ2) is 7.03. The van der Waals surface area contributed by atoms with Crippen LogP contribution in [0.4, 0.5) is 0 Å². The second-order valence-corrected chi connectivity index (χ2v) is 6.98. The molecule has 28 heavy (non-hydrogen) atoms. The van der Waals surface area contributed by atoms with Gasteiger partial charge in [-0.2, -0.15) is 0 Å². The van der Waals surface area contributed by atoms with E-state index in [9.17, 15) is 9.59 Å². The van der Waals surface area contributed by atoms with Crippen molar-refractivity contribution >= 4 is 16.7 Å². The minimum atomic E-state index is -0.195. The summed E-state index contributed by atoms with van der Waals surface area (Å²) in [7, 11) is 4.88. The molecule has 0 radical (unpaired) electrons. The highest BCUT2D eigenvalue weighted by atomic mass is 16.5. The van der Waals surface area contributed by atoms with Gasteiger partial charge in [0.15, 0.2) is 11.5 Å². The SMILES string of the molecule is COc1cc2c(cc1OC)[C@@H](NC(=O)c1cn(C)c(=O)c3ccccc13)CC2. The molecule has 0 fully saturated rings. The highest BCUT2D eigenvalue weighted by molar-refractivity contribution is 6.06. The first kappa shape index (κ1) is 18.1. The first-order valence-corrected chi connectivity index (χ1v) is 9.17. The van der Waals surface area contributed by atoms with Gasteiger partial charge in [-0.25, -0.2) is 0 Å². The largest absolute Gasteiger partial charge is 0.493 e. The molecular weight excluding hydrogens is 356 g/mol. The van der Waals surface area contributed by atoms with Crippen LogP contribution in [-0.2, 0) is 13.5 Å². The molecule has 1 aliphatic rings. The summed E-state index contributed by atoms with van der Waals surface area (Å²) < 4.78 is 12.2. The Balaban J connectivity index is 1.70. The van der Waals surface area contributed by atoms with Gasteiger partial charge in [0, 0.05) is 24.0 Å². The van der Waals surface area contributed by atoms with Crippen molar-refractivity contribution in [2.45, 2.75) is 18.9 Å². The monoisotopic (exact) mass is 378 g/mol. The molecule has 1 atom stereocenters. The van der Waals surface area contributed by atoms with Crippen molar-refractivity contribution in [1.29, 1.82) is 0 Å². The van der Waals surface area contributed by atoms with Gasteiger partial charge in [0.1, 0.15) is 0 Å². The van der Waals surface area contributed by atoms with Crippen LogP contribution >= 0.6 is 0 Å². The lowest BCUT2D eigenvalue weighted by atomic mass is 10.0. The maximum absolute atomic E-state index is 13.1. The Hall–Kier alpha value is -3.28. The number of pyridine rings is 1. The van der Waals surface area contributed by atoms with E-state index in [1.807, 2.05) is 24.3 Å². The Morgan fingerprint density at radius 3 is 2.50 bits per heavy atom. The molecule has 0 bridgehead atoms. The number of ether oxygens (including phenoxy) is 2. The van der Waals surface area contributed by atoms with Crippen molar-refractivity contribution in [1.82, 2.24) is 9.88 Å². The van der Waals surface area contributed by atoms with Crippen molar-refractivity contribution in [3.8, 4) is 11.5 Å². The number of carbonyl (C=O) groups excluding carboxylic acids is 1. The van der Waals surface area contributed by atoms with Crippen molar-refractivity contribution in [3.05, 3.63) is 69.6 Å². The van der Waals surface area contributed by atoms with Gasteiger partial charge in [0.25, 0.3) is 11.5 Å². The Kier molecular flexibility index (Phi) is 4.55. The fourth-order valence-corrected chi connectivity index (χ4v) is 3.92. The molecule has 144 valence electrons. The number of aromatic nitrogens is 1. The number of fused-ring (bicyclic) bond motifs is 2. The highest BCUT2D eigenvalue weighted by Gasteiger charge is 2.27. The van der Waals surface area contributed by atoms with Crippen molar-refractivity contribution in [2.75, 3.05) is 14.2 Å². The van der Waals surface area contributed by atoms with Gasteiger partial charge in [-0.1, -0.05) is 18.2 Å². The summed E-state index contributed by atoms with van der Waals surface area (Å²) in [5, 5.41) is 4.33. The normalized spacial score (nSPS) is 15.3. The average Bonchev–Trinajstić information content (AvgIpc) is 3.11. The number of nitrogens with zero attached hydrogens (tertiary/aromatic N) is 1. The molecule has 1 aromatic heterocycles. The van der Waals surface area contributed by atoms with Crippen LogP contribution in [0.15, 0.2) is 47.4 Å². The summed E-state index contributed by atoms with van der Waals surface area (Å²) in [6.07, 6.45) is 3.26. The zero-order valence-corrected chi connectivity index (χ0v) is 16.1. The Labute approximate surface area is 162 Å². The van der Waals surface area contributed by atoms with Crippen LogP contribution in [0, 0.1) is 0 Å². The van der Waals surface area contributed by atoms with Crippen molar-refractivity contribution in [3.63, 3.8) is 0 Å². The van der Waals surface area contributed by atoms with E-state index in [0.29, 0.717) is 27.8 Å². The number of hydrogen-bond acceptors (Lipinski definition) is 4. The molecule has 0 saturated carbocycles. The van der Waals surface area contributed by atoms with Gasteiger partial charge < -0.3 is 19.4 Å². The lowest BCUT2D eigenvalue weighted by Crippen LogP contribution is -2.29. The fraction of sp³-hybridized carbons (Fsp3) is 0.273. The molecule has 3 aromatic rings. The average molecular weight is 378 g/mol. The maximum Gasteiger partial charge on any atom is 0.258 e. The van der Waals surface area contributed by atoms with E-state index in [1.54, 1.807) is 39.6 Å². The number of hydrogen-bond donors (Lipinski definition) is 1. The Morgan fingerprint density at radius 2 is 1.79 bits per heavy atom. The molecular formula is C22H22N2O4. The number of amides is 1. The summed E-state index contributed by atoms with van der Waals surface area (Å²) in [5.74, 6) is 1.15. The number of rotatable bonds is 4. The number of benzene rings is 2. The first-order chi connectivity index (χ1) is 13.5. The van der Waals surface area contributed by atoms with Gasteiger partial charge in [-0.3, -0.25) is 9.59 Å². The lowest BCUT2D eigenvalue weighted by molar-refractivity contribution is 0.0937. The van der Waals surface area contributed by atoms with Crippen LogP contribution in [0.5, 0.6) is 11.5 Å². The van der Waals surface area contributed by atoms with Gasteiger partial charge >= 0.3 is 0 Å². The van der Waals surface area contributed by atoms with E-state index in [1.165, 1.54) is 4.57 Å². The van der Waals surface area contributed by atoms with Crippen LogP contribution in [0.25, 0.3) is 10.8 Å². The van der Waals surface area contributed by atoms with Gasteiger partial charge in [-0.05, 0) is 42.2 Å². The van der Waals surface area contributed by atoms with E-state index in [4.69, 9.17) is 9.47 Å². The summed E-state index contributed by atoms with van der Waals surface area (Å²) in [6.45, 7) is 0. The third kappa shape index (κ3) is 2.91. The second-order valence-electron chi connectivity index (χ2n) is 6.98. The summed E-state index contributed by atoms with van der Waals surface area (Å²) in [6, 6.07) is 11.0.